The number of rotatable bonds is 7. The molecule has 0 saturated heterocycles. The van der Waals surface area contributed by atoms with Gasteiger partial charge in [-0.2, -0.15) is 5.26 Å². The lowest BCUT2D eigenvalue weighted by atomic mass is 9.90. The second-order valence-corrected chi connectivity index (χ2v) is 6.56. The van der Waals surface area contributed by atoms with Gasteiger partial charge in [0.2, 0.25) is 5.91 Å². The highest BCUT2D eigenvalue weighted by molar-refractivity contribution is 7.99. The van der Waals surface area contributed by atoms with Gasteiger partial charge in [0.05, 0.1) is 11.8 Å². The third kappa shape index (κ3) is 5.19. The molecule has 0 spiro atoms. The zero-order chi connectivity index (χ0) is 16.8. The van der Waals surface area contributed by atoms with Crippen LogP contribution in [0.2, 0.25) is 0 Å². The van der Waals surface area contributed by atoms with Crippen molar-refractivity contribution in [3.8, 4) is 6.07 Å². The number of nitriles is 1. The molecule has 6 nitrogen and oxygen atoms in total. The smallest absolute Gasteiger partial charge is 0.251 e. The molecule has 22 heavy (non-hydrogen) atoms. The molecule has 0 unspecified atom stereocenters. The van der Waals surface area contributed by atoms with E-state index in [1.54, 1.807) is 6.92 Å². The molecule has 0 aromatic carbocycles. The summed E-state index contributed by atoms with van der Waals surface area (Å²) in [6, 6.07) is 3.60. The van der Waals surface area contributed by atoms with E-state index in [4.69, 9.17) is 0 Å². The molecule has 0 bridgehead atoms. The minimum Gasteiger partial charge on any atom is -0.337 e. The van der Waals surface area contributed by atoms with E-state index in [1.807, 2.05) is 20.8 Å². The number of hydrogen-bond acceptors (Lipinski definition) is 5. The molecule has 0 fully saturated rings. The van der Waals surface area contributed by atoms with Crippen molar-refractivity contribution in [2.45, 2.75) is 51.2 Å². The normalized spacial score (nSPS) is 13.5. The SMILES string of the molecule is CCCc1cc(=O)[nH]c(SCC(=O)N[C@@](C)(C#N)C(C)C)n1. The number of hydrogen-bond donors (Lipinski definition) is 2. The number of aromatic amines is 1. The molecular weight excluding hydrogens is 300 g/mol. The molecule has 0 aliphatic rings. The van der Waals surface area contributed by atoms with Crippen molar-refractivity contribution in [2.75, 3.05) is 5.75 Å². The molecule has 7 heteroatoms. The van der Waals surface area contributed by atoms with Crippen molar-refractivity contribution in [1.82, 2.24) is 15.3 Å². The van der Waals surface area contributed by atoms with Crippen LogP contribution in [0, 0.1) is 17.2 Å². The standard InChI is InChI=1S/C15H22N4O2S/c1-5-6-11-7-12(20)18-14(17-11)22-8-13(21)19-15(4,9-16)10(2)3/h7,10H,5-6,8H2,1-4H3,(H,19,21)(H,17,18,20)/t15-/m0/s1. The number of nitrogens with zero attached hydrogens (tertiary/aromatic N) is 2. The van der Waals surface area contributed by atoms with Crippen LogP contribution in [-0.2, 0) is 11.2 Å². The largest absolute Gasteiger partial charge is 0.337 e. The van der Waals surface area contributed by atoms with E-state index in [9.17, 15) is 14.9 Å². The summed E-state index contributed by atoms with van der Waals surface area (Å²) >= 11 is 1.16. The first-order chi connectivity index (χ1) is 10.3. The topological polar surface area (TPSA) is 98.6 Å². The Labute approximate surface area is 134 Å². The third-order valence-corrected chi connectivity index (χ3v) is 4.28. The molecule has 0 radical (unpaired) electrons. The molecule has 1 amide bonds. The highest BCUT2D eigenvalue weighted by atomic mass is 32.2. The number of carbonyl (C=O) groups is 1. The molecule has 1 aromatic heterocycles. The number of H-pyrrole nitrogens is 1. The van der Waals surface area contributed by atoms with Gasteiger partial charge in [-0.1, -0.05) is 39.0 Å². The Balaban J connectivity index is 2.69. The van der Waals surface area contributed by atoms with E-state index < -0.39 is 5.54 Å². The van der Waals surface area contributed by atoms with Gasteiger partial charge in [0.25, 0.3) is 5.56 Å². The predicted molar refractivity (Wildman–Crippen MR) is 86.6 cm³/mol. The van der Waals surface area contributed by atoms with Crippen LogP contribution < -0.4 is 10.9 Å². The van der Waals surface area contributed by atoms with E-state index in [2.05, 4.69) is 21.4 Å². The number of aryl methyl sites for hydroxylation is 1. The van der Waals surface area contributed by atoms with Gasteiger partial charge in [0.15, 0.2) is 5.16 Å². The molecule has 120 valence electrons. The second-order valence-electron chi connectivity index (χ2n) is 5.60. The second kappa shape index (κ2) is 7.99. The fourth-order valence-corrected chi connectivity index (χ4v) is 2.39. The third-order valence-electron chi connectivity index (χ3n) is 3.41. The average Bonchev–Trinajstić information content (AvgIpc) is 2.44. The lowest BCUT2D eigenvalue weighted by molar-refractivity contribution is -0.120. The van der Waals surface area contributed by atoms with E-state index in [0.29, 0.717) is 5.16 Å². The first-order valence-corrected chi connectivity index (χ1v) is 8.24. The van der Waals surface area contributed by atoms with Gasteiger partial charge < -0.3 is 10.3 Å². The van der Waals surface area contributed by atoms with Crippen LogP contribution in [0.25, 0.3) is 0 Å². The minimum absolute atomic E-state index is 0.00253. The lowest BCUT2D eigenvalue weighted by Crippen LogP contribution is -2.49. The Morgan fingerprint density at radius 1 is 1.59 bits per heavy atom. The Bertz CT molecular complexity index is 621. The Kier molecular flexibility index (Phi) is 6.62. The molecule has 0 aliphatic heterocycles. The van der Waals surface area contributed by atoms with Gasteiger partial charge in [-0.3, -0.25) is 9.59 Å². The Morgan fingerprint density at radius 3 is 2.82 bits per heavy atom. The summed E-state index contributed by atoms with van der Waals surface area (Å²) in [7, 11) is 0. The van der Waals surface area contributed by atoms with Gasteiger partial charge in [0.1, 0.15) is 5.54 Å². The number of nitrogens with one attached hydrogen (secondary N) is 2. The number of amides is 1. The average molecular weight is 322 g/mol. The van der Waals surface area contributed by atoms with Crippen molar-refractivity contribution in [3.63, 3.8) is 0 Å². The van der Waals surface area contributed by atoms with E-state index >= 15 is 0 Å². The highest BCUT2D eigenvalue weighted by Crippen LogP contribution is 2.17. The summed E-state index contributed by atoms with van der Waals surface area (Å²) in [5, 5.41) is 12.3. The summed E-state index contributed by atoms with van der Waals surface area (Å²) < 4.78 is 0. The van der Waals surface area contributed by atoms with Crippen molar-refractivity contribution >= 4 is 17.7 Å². The van der Waals surface area contributed by atoms with Gasteiger partial charge >= 0.3 is 0 Å². The first-order valence-electron chi connectivity index (χ1n) is 7.26. The molecule has 1 atom stereocenters. The summed E-state index contributed by atoms with van der Waals surface area (Å²) in [4.78, 5) is 30.5. The number of aromatic nitrogens is 2. The van der Waals surface area contributed by atoms with Crippen molar-refractivity contribution in [3.05, 3.63) is 22.1 Å². The highest BCUT2D eigenvalue weighted by Gasteiger charge is 2.29. The van der Waals surface area contributed by atoms with Crippen LogP contribution in [0.15, 0.2) is 16.0 Å². The molecule has 0 aliphatic carbocycles. The van der Waals surface area contributed by atoms with Crippen LogP contribution in [0.5, 0.6) is 0 Å². The van der Waals surface area contributed by atoms with Crippen LogP contribution in [0.4, 0.5) is 0 Å². The zero-order valence-electron chi connectivity index (χ0n) is 13.4. The van der Waals surface area contributed by atoms with Gasteiger partial charge in [-0.15, -0.1) is 0 Å². The van der Waals surface area contributed by atoms with E-state index in [0.717, 1.165) is 30.3 Å². The maximum Gasteiger partial charge on any atom is 0.251 e. The predicted octanol–water partition coefficient (Wildman–Crippen LogP) is 1.87. The van der Waals surface area contributed by atoms with E-state index in [-0.39, 0.29) is 23.1 Å². The molecule has 1 heterocycles. The summed E-state index contributed by atoms with van der Waals surface area (Å²) in [6.45, 7) is 7.47. The van der Waals surface area contributed by atoms with Crippen molar-refractivity contribution in [1.29, 1.82) is 5.26 Å². The van der Waals surface area contributed by atoms with Gasteiger partial charge in [0, 0.05) is 11.8 Å². The fraction of sp³-hybridized carbons (Fsp3) is 0.600. The van der Waals surface area contributed by atoms with Crippen LogP contribution in [-0.4, -0.2) is 27.2 Å². The molecule has 2 N–H and O–H groups in total. The number of carbonyl (C=O) groups excluding carboxylic acids is 1. The number of thioether (sulfide) groups is 1. The van der Waals surface area contributed by atoms with Gasteiger partial charge in [-0.05, 0) is 19.3 Å². The maximum atomic E-state index is 12.0. The lowest BCUT2D eigenvalue weighted by Gasteiger charge is -2.27. The van der Waals surface area contributed by atoms with Crippen molar-refractivity contribution < 1.29 is 4.79 Å². The van der Waals surface area contributed by atoms with Crippen LogP contribution in [0.3, 0.4) is 0 Å². The van der Waals surface area contributed by atoms with Gasteiger partial charge in [-0.25, -0.2) is 4.98 Å². The quantitative estimate of drug-likeness (QED) is 0.590. The van der Waals surface area contributed by atoms with Crippen LogP contribution >= 0.6 is 11.8 Å². The monoisotopic (exact) mass is 322 g/mol. The van der Waals surface area contributed by atoms with Crippen molar-refractivity contribution in [2.24, 2.45) is 5.92 Å². The molecule has 1 aromatic rings. The Morgan fingerprint density at radius 2 is 2.27 bits per heavy atom. The summed E-state index contributed by atoms with van der Waals surface area (Å²) in [6.07, 6.45) is 1.62. The molecule has 1 rings (SSSR count). The summed E-state index contributed by atoms with van der Waals surface area (Å²) in [5.74, 6) is -0.161. The Hall–Kier alpha value is -1.81. The minimum atomic E-state index is -0.900. The summed E-state index contributed by atoms with van der Waals surface area (Å²) in [5.41, 5.74) is -0.397. The van der Waals surface area contributed by atoms with Crippen LogP contribution in [0.1, 0.15) is 39.8 Å². The zero-order valence-corrected chi connectivity index (χ0v) is 14.2. The maximum absolute atomic E-state index is 12.0. The first kappa shape index (κ1) is 18.2. The van der Waals surface area contributed by atoms with E-state index in [1.165, 1.54) is 6.07 Å². The molecular formula is C15H22N4O2S. The molecule has 0 saturated carbocycles. The fourth-order valence-electron chi connectivity index (χ4n) is 1.70.